The quantitative estimate of drug-likeness (QED) is 0.649. The van der Waals surface area contributed by atoms with Crippen LogP contribution in [0.2, 0.25) is 5.02 Å². The van der Waals surface area contributed by atoms with E-state index >= 15 is 0 Å². The Hall–Kier alpha value is -2.07. The van der Waals surface area contributed by atoms with Gasteiger partial charge in [0.05, 0.1) is 10.6 Å². The van der Waals surface area contributed by atoms with Crippen LogP contribution in [0.5, 0.6) is 0 Å². The molecule has 0 radical (unpaired) electrons. The molecular weight excluding hydrogens is 458 g/mol. The molecule has 0 saturated heterocycles. The molecule has 0 spiro atoms. The van der Waals surface area contributed by atoms with Gasteiger partial charge in [-0.05, 0) is 36.4 Å². The van der Waals surface area contributed by atoms with E-state index in [-0.39, 0.29) is 23.8 Å². The predicted octanol–water partition coefficient (Wildman–Crippen LogP) is 3.84. The fraction of sp³-hybridized carbons (Fsp3) is 0.333. The van der Waals surface area contributed by atoms with Gasteiger partial charge in [0.15, 0.2) is 0 Å². The summed E-state index contributed by atoms with van der Waals surface area (Å²) < 4.78 is 27.3. The minimum atomic E-state index is -3.70. The predicted molar refractivity (Wildman–Crippen MR) is 124 cm³/mol. The van der Waals surface area contributed by atoms with Gasteiger partial charge in [0.25, 0.3) is 0 Å². The van der Waals surface area contributed by atoms with Crippen LogP contribution in [0.1, 0.15) is 20.3 Å². The highest BCUT2D eigenvalue weighted by molar-refractivity contribution is 7.99. The molecule has 0 fully saturated rings. The van der Waals surface area contributed by atoms with Crippen molar-refractivity contribution in [3.05, 3.63) is 47.5 Å². The number of carbonyl (C=O) groups is 2. The Kier molecular flexibility index (Phi) is 7.64. The normalized spacial score (nSPS) is 14.3. The number of amides is 2. The molecule has 0 saturated carbocycles. The molecule has 1 N–H and O–H groups in total. The van der Waals surface area contributed by atoms with Gasteiger partial charge < -0.3 is 10.2 Å². The van der Waals surface area contributed by atoms with E-state index in [1.54, 1.807) is 50.2 Å². The molecule has 0 aliphatic carbocycles. The number of fused-ring (bicyclic) bond motifs is 1. The van der Waals surface area contributed by atoms with Crippen LogP contribution in [0, 0.1) is 0 Å². The van der Waals surface area contributed by atoms with Crippen molar-refractivity contribution in [1.29, 1.82) is 0 Å². The van der Waals surface area contributed by atoms with E-state index in [0.29, 0.717) is 35.2 Å². The molecule has 1 aliphatic heterocycles. The zero-order chi connectivity index (χ0) is 22.6. The van der Waals surface area contributed by atoms with Gasteiger partial charge in [-0.15, -0.1) is 11.8 Å². The third-order valence-electron chi connectivity index (χ3n) is 4.85. The second-order valence-electron chi connectivity index (χ2n) is 6.86. The number of halogens is 1. The maximum absolute atomic E-state index is 13.0. The van der Waals surface area contributed by atoms with E-state index in [0.717, 1.165) is 4.90 Å². The number of hydrogen-bond acceptors (Lipinski definition) is 5. The van der Waals surface area contributed by atoms with Crippen molar-refractivity contribution in [2.45, 2.75) is 30.1 Å². The minimum absolute atomic E-state index is 0.102. The molecule has 2 aromatic rings. The number of nitrogens with one attached hydrogen (secondary N) is 1. The lowest BCUT2D eigenvalue weighted by atomic mass is 10.2. The molecule has 1 heterocycles. The standard InChI is InChI=1S/C21H24ClN3O4S2/c1-3-24(4-2)31(28,29)17-8-9-19-18(13-17)25(21(27)10-11-30-19)14-20(26)23-16-7-5-6-15(22)12-16/h5-9,12-13H,3-4,10-11,14H2,1-2H3,(H,23,26). The second kappa shape index (κ2) is 10.0. The first-order chi connectivity index (χ1) is 14.8. The Morgan fingerprint density at radius 3 is 2.61 bits per heavy atom. The second-order valence-corrected chi connectivity index (χ2v) is 10.4. The first kappa shape index (κ1) is 23.6. The lowest BCUT2D eigenvalue weighted by molar-refractivity contribution is -0.121. The third kappa shape index (κ3) is 5.41. The van der Waals surface area contributed by atoms with Gasteiger partial charge in [0.1, 0.15) is 6.54 Å². The van der Waals surface area contributed by atoms with Crippen molar-refractivity contribution in [1.82, 2.24) is 4.31 Å². The topological polar surface area (TPSA) is 86.8 Å². The van der Waals surface area contributed by atoms with Gasteiger partial charge in [0.2, 0.25) is 21.8 Å². The largest absolute Gasteiger partial charge is 0.324 e. The van der Waals surface area contributed by atoms with E-state index in [4.69, 9.17) is 11.6 Å². The molecule has 166 valence electrons. The zero-order valence-electron chi connectivity index (χ0n) is 17.3. The summed E-state index contributed by atoms with van der Waals surface area (Å²) >= 11 is 7.43. The Morgan fingerprint density at radius 2 is 1.94 bits per heavy atom. The number of nitrogens with zero attached hydrogens (tertiary/aromatic N) is 2. The van der Waals surface area contributed by atoms with Crippen molar-refractivity contribution < 1.29 is 18.0 Å². The van der Waals surface area contributed by atoms with Gasteiger partial charge in [-0.2, -0.15) is 4.31 Å². The molecule has 31 heavy (non-hydrogen) atoms. The Morgan fingerprint density at radius 1 is 1.19 bits per heavy atom. The number of rotatable bonds is 7. The molecule has 0 unspecified atom stereocenters. The average Bonchev–Trinajstić information content (AvgIpc) is 2.87. The van der Waals surface area contributed by atoms with Crippen LogP contribution in [0.4, 0.5) is 11.4 Å². The van der Waals surface area contributed by atoms with Crippen molar-refractivity contribution >= 4 is 56.6 Å². The van der Waals surface area contributed by atoms with Gasteiger partial charge in [-0.3, -0.25) is 9.59 Å². The van der Waals surface area contributed by atoms with E-state index in [9.17, 15) is 18.0 Å². The number of benzene rings is 2. The number of sulfonamides is 1. The summed E-state index contributed by atoms with van der Waals surface area (Å²) in [6.45, 7) is 4.01. The van der Waals surface area contributed by atoms with E-state index < -0.39 is 15.9 Å². The van der Waals surface area contributed by atoms with Crippen LogP contribution in [0.25, 0.3) is 0 Å². The zero-order valence-corrected chi connectivity index (χ0v) is 19.7. The van der Waals surface area contributed by atoms with Gasteiger partial charge in [-0.1, -0.05) is 31.5 Å². The van der Waals surface area contributed by atoms with Crippen LogP contribution in [-0.4, -0.2) is 49.9 Å². The molecule has 0 aromatic heterocycles. The van der Waals surface area contributed by atoms with Crippen LogP contribution >= 0.6 is 23.4 Å². The summed E-state index contributed by atoms with van der Waals surface area (Å²) in [4.78, 5) is 27.7. The lowest BCUT2D eigenvalue weighted by Crippen LogP contribution is -2.38. The highest BCUT2D eigenvalue weighted by Gasteiger charge is 2.28. The highest BCUT2D eigenvalue weighted by atomic mass is 35.5. The number of thioether (sulfide) groups is 1. The molecule has 0 atom stereocenters. The average molecular weight is 482 g/mol. The molecule has 2 amide bonds. The van der Waals surface area contributed by atoms with Crippen LogP contribution in [0.3, 0.4) is 0 Å². The minimum Gasteiger partial charge on any atom is -0.324 e. The summed E-state index contributed by atoms with van der Waals surface area (Å²) in [6.07, 6.45) is 0.252. The third-order valence-corrected chi connectivity index (χ3v) is 8.19. The first-order valence-electron chi connectivity index (χ1n) is 9.89. The Balaban J connectivity index is 1.93. The lowest BCUT2D eigenvalue weighted by Gasteiger charge is -2.24. The molecule has 1 aliphatic rings. The number of anilines is 2. The maximum atomic E-state index is 13.0. The summed E-state index contributed by atoms with van der Waals surface area (Å²) in [5, 5.41) is 3.22. The molecule has 7 nitrogen and oxygen atoms in total. The van der Waals surface area contributed by atoms with E-state index in [2.05, 4.69) is 5.32 Å². The summed E-state index contributed by atoms with van der Waals surface area (Å²) in [5.74, 6) is -0.0734. The summed E-state index contributed by atoms with van der Waals surface area (Å²) in [6, 6.07) is 11.5. The smallest absolute Gasteiger partial charge is 0.244 e. The first-order valence-corrected chi connectivity index (χ1v) is 12.7. The van der Waals surface area contributed by atoms with E-state index in [1.165, 1.54) is 27.0 Å². The summed E-state index contributed by atoms with van der Waals surface area (Å²) in [7, 11) is -3.70. The maximum Gasteiger partial charge on any atom is 0.244 e. The van der Waals surface area contributed by atoms with Crippen molar-refractivity contribution in [3.8, 4) is 0 Å². The van der Waals surface area contributed by atoms with Gasteiger partial charge in [0, 0.05) is 40.9 Å². The monoisotopic (exact) mass is 481 g/mol. The van der Waals surface area contributed by atoms with Crippen molar-refractivity contribution in [3.63, 3.8) is 0 Å². The van der Waals surface area contributed by atoms with Gasteiger partial charge in [-0.25, -0.2) is 8.42 Å². The molecule has 3 rings (SSSR count). The molecule has 0 bridgehead atoms. The Bertz CT molecular complexity index is 1090. The SMILES string of the molecule is CCN(CC)S(=O)(=O)c1ccc2c(c1)N(CC(=O)Nc1cccc(Cl)c1)C(=O)CCS2. The van der Waals surface area contributed by atoms with Crippen LogP contribution in [0.15, 0.2) is 52.3 Å². The fourth-order valence-electron chi connectivity index (χ4n) is 3.30. The van der Waals surface area contributed by atoms with Crippen molar-refractivity contribution in [2.24, 2.45) is 0 Å². The summed E-state index contributed by atoms with van der Waals surface area (Å²) in [5.41, 5.74) is 0.953. The molecule has 2 aromatic carbocycles. The number of carbonyl (C=O) groups excluding carboxylic acids is 2. The van der Waals surface area contributed by atoms with Crippen molar-refractivity contribution in [2.75, 3.05) is 35.6 Å². The van der Waals surface area contributed by atoms with Crippen LogP contribution in [-0.2, 0) is 19.6 Å². The Labute approximate surface area is 191 Å². The van der Waals surface area contributed by atoms with Crippen LogP contribution < -0.4 is 10.2 Å². The van der Waals surface area contributed by atoms with E-state index in [1.807, 2.05) is 0 Å². The molecular formula is C21H24ClN3O4S2. The number of hydrogen-bond donors (Lipinski definition) is 1. The highest BCUT2D eigenvalue weighted by Crippen LogP contribution is 2.36. The fourth-order valence-corrected chi connectivity index (χ4v) is 5.95. The van der Waals surface area contributed by atoms with Gasteiger partial charge >= 0.3 is 0 Å². The molecule has 10 heteroatoms.